The molecule has 75 heavy (non-hydrogen) atoms. The molecule has 4 heterocycles. The van der Waals surface area contributed by atoms with Gasteiger partial charge in [0.15, 0.2) is 0 Å². The van der Waals surface area contributed by atoms with E-state index in [4.69, 9.17) is 37.9 Å². The van der Waals surface area contributed by atoms with Gasteiger partial charge in [-0.3, -0.25) is 9.59 Å². The lowest BCUT2D eigenvalue weighted by Crippen LogP contribution is -2.49. The third-order valence-corrected chi connectivity index (χ3v) is 14.0. The lowest BCUT2D eigenvalue weighted by molar-refractivity contribution is -0.146. The molecule has 1 N–H and O–H groups in total. The Morgan fingerprint density at radius 3 is 1.27 bits per heavy atom. The van der Waals surface area contributed by atoms with Crippen molar-refractivity contribution in [3.8, 4) is 0 Å². The van der Waals surface area contributed by atoms with Crippen LogP contribution in [0.3, 0.4) is 0 Å². The number of amides is 2. The number of carbonyl (C=O) groups excluding carboxylic acids is 4. The molecule has 0 aliphatic carbocycles. The van der Waals surface area contributed by atoms with Crippen molar-refractivity contribution >= 4 is 24.1 Å². The van der Waals surface area contributed by atoms with Crippen LogP contribution >= 0.6 is 0 Å². The Labute approximate surface area is 450 Å². The molecule has 4 aliphatic rings. The number of piperidine rings is 4. The number of carbonyl (C=O) groups is 4. The van der Waals surface area contributed by atoms with Gasteiger partial charge in [-0.25, -0.2) is 9.59 Å². The van der Waals surface area contributed by atoms with Gasteiger partial charge in [-0.15, -0.1) is 0 Å². The van der Waals surface area contributed by atoms with Gasteiger partial charge in [-0.2, -0.15) is 0 Å². The minimum absolute atomic E-state index is 0.147. The molecule has 6 rings (SSSR count). The summed E-state index contributed by atoms with van der Waals surface area (Å²) < 4.78 is 43.4. The number of likely N-dealkylation sites (tertiary alicyclic amines) is 3. The van der Waals surface area contributed by atoms with E-state index in [1.165, 1.54) is 25.7 Å². The molecule has 4 aliphatic heterocycles. The molecule has 2 spiro atoms. The minimum atomic E-state index is -0.440. The number of ether oxygens (including phenoxy) is 8. The van der Waals surface area contributed by atoms with Crippen molar-refractivity contribution in [3.05, 3.63) is 71.8 Å². The van der Waals surface area contributed by atoms with Gasteiger partial charge in [0.2, 0.25) is 0 Å². The zero-order valence-electron chi connectivity index (χ0n) is 47.1. The van der Waals surface area contributed by atoms with E-state index >= 15 is 0 Å². The van der Waals surface area contributed by atoms with E-state index in [2.05, 4.69) is 17.1 Å². The molecular formula is C59H96N4O12. The van der Waals surface area contributed by atoms with Crippen LogP contribution in [-0.4, -0.2) is 162 Å². The lowest BCUT2D eigenvalue weighted by Gasteiger charge is -2.46. The summed E-state index contributed by atoms with van der Waals surface area (Å²) in [6.45, 7) is 27.8. The standard InChI is InChI=1S/C29H46N2O6.C16H24O4.C14H26N2O2/c1-28(2,3)37-27(33)31-17-13-29(14-18-31)11-15-30(16-12-29)19-21-35-23-22-34-20-7-10-26(32)36-24-25-8-5-4-6-9-25;1-2-10-18-12-13-19-11-6-9-16(17)20-14-15-7-4-3-5-8-15;1-13(2,3)18-12(17)16-10-6-14(7-11-16)4-8-15-9-5-14/h4-6,8-9H,7,10-24H2,1-3H3;3-5,7-8H,2,6,9-14H2,1H3;15H,4-11H2,1-3H3. The summed E-state index contributed by atoms with van der Waals surface area (Å²) in [7, 11) is 0. The van der Waals surface area contributed by atoms with Crippen molar-refractivity contribution in [3.63, 3.8) is 0 Å². The molecule has 0 saturated carbocycles. The Hall–Kier alpha value is -4.32. The summed E-state index contributed by atoms with van der Waals surface area (Å²) in [5.74, 6) is -0.375. The van der Waals surface area contributed by atoms with Crippen LogP contribution in [0.2, 0.25) is 0 Å². The average molecular weight is 1050 g/mol. The Balaban J connectivity index is 0.000000269. The van der Waals surface area contributed by atoms with Gasteiger partial charge in [0.05, 0.1) is 33.0 Å². The predicted octanol–water partition coefficient (Wildman–Crippen LogP) is 10.00. The van der Waals surface area contributed by atoms with Crippen molar-refractivity contribution in [1.29, 1.82) is 0 Å². The summed E-state index contributed by atoms with van der Waals surface area (Å²) in [6, 6.07) is 19.4. The van der Waals surface area contributed by atoms with Crippen LogP contribution in [0.15, 0.2) is 60.7 Å². The Bertz CT molecular complexity index is 1860. The predicted molar refractivity (Wildman–Crippen MR) is 291 cm³/mol. The van der Waals surface area contributed by atoms with Crippen molar-refractivity contribution in [2.45, 2.75) is 156 Å². The molecule has 0 radical (unpaired) electrons. The van der Waals surface area contributed by atoms with E-state index in [0.29, 0.717) is 96.0 Å². The fourth-order valence-electron chi connectivity index (χ4n) is 9.43. The molecule has 424 valence electrons. The molecule has 4 fully saturated rings. The van der Waals surface area contributed by atoms with Crippen LogP contribution in [-0.2, 0) is 60.7 Å². The summed E-state index contributed by atoms with van der Waals surface area (Å²) in [6.07, 6.45) is 12.1. The first-order valence-corrected chi connectivity index (χ1v) is 28.1. The Morgan fingerprint density at radius 2 is 0.867 bits per heavy atom. The number of hydrogen-bond donors (Lipinski definition) is 1. The Morgan fingerprint density at radius 1 is 0.493 bits per heavy atom. The number of nitrogens with one attached hydrogen (secondary N) is 1. The third kappa shape index (κ3) is 27.5. The van der Waals surface area contributed by atoms with E-state index in [1.54, 1.807) is 0 Å². The summed E-state index contributed by atoms with van der Waals surface area (Å²) in [5.41, 5.74) is 2.03. The Kier molecular flexibility index (Phi) is 29.0. The number of benzene rings is 2. The summed E-state index contributed by atoms with van der Waals surface area (Å²) >= 11 is 0. The molecule has 2 aromatic rings. The molecule has 16 nitrogen and oxygen atoms in total. The molecule has 0 bridgehead atoms. The van der Waals surface area contributed by atoms with Gasteiger partial charge >= 0.3 is 24.1 Å². The molecule has 2 aromatic carbocycles. The van der Waals surface area contributed by atoms with Gasteiger partial charge < -0.3 is 57.9 Å². The van der Waals surface area contributed by atoms with Crippen LogP contribution in [0.1, 0.15) is 143 Å². The van der Waals surface area contributed by atoms with E-state index in [9.17, 15) is 19.2 Å². The van der Waals surface area contributed by atoms with E-state index in [1.807, 2.05) is 112 Å². The van der Waals surface area contributed by atoms with Crippen molar-refractivity contribution in [2.75, 3.05) is 112 Å². The second kappa shape index (κ2) is 34.4. The van der Waals surface area contributed by atoms with Crippen LogP contribution in [0.25, 0.3) is 0 Å². The van der Waals surface area contributed by atoms with Gasteiger partial charge in [-0.05, 0) is 160 Å². The highest BCUT2D eigenvalue weighted by Crippen LogP contribution is 2.42. The smallest absolute Gasteiger partial charge is 0.410 e. The number of esters is 2. The van der Waals surface area contributed by atoms with Crippen LogP contribution < -0.4 is 5.32 Å². The van der Waals surface area contributed by atoms with Crippen molar-refractivity contribution in [1.82, 2.24) is 20.0 Å². The molecule has 2 amide bonds. The maximum atomic E-state index is 12.3. The number of hydrogen-bond acceptors (Lipinski definition) is 14. The molecule has 0 aromatic heterocycles. The first-order chi connectivity index (χ1) is 36.0. The molecule has 0 unspecified atom stereocenters. The normalized spacial score (nSPS) is 17.5. The quantitative estimate of drug-likeness (QED) is 0.0635. The van der Waals surface area contributed by atoms with Gasteiger partial charge in [0.25, 0.3) is 0 Å². The molecular weight excluding hydrogens is 957 g/mol. The van der Waals surface area contributed by atoms with Gasteiger partial charge in [-0.1, -0.05) is 67.6 Å². The molecule has 16 heteroatoms. The second-order valence-corrected chi connectivity index (χ2v) is 22.5. The van der Waals surface area contributed by atoms with Crippen molar-refractivity contribution < 1.29 is 57.1 Å². The summed E-state index contributed by atoms with van der Waals surface area (Å²) in [4.78, 5) is 53.8. The SMILES string of the molecule is CC(C)(C)OC(=O)N1CCC2(CCN(CCOCCOCCCC(=O)OCc3ccccc3)CC2)CC1.CC(C)(C)OC(=O)N1CCC2(CCNCC2)CC1.CCCOCCOCCCC(=O)OCc1ccccc1. The van der Waals surface area contributed by atoms with E-state index < -0.39 is 5.60 Å². The van der Waals surface area contributed by atoms with E-state index in [-0.39, 0.29) is 29.7 Å². The highest BCUT2D eigenvalue weighted by molar-refractivity contribution is 5.70. The van der Waals surface area contributed by atoms with E-state index in [0.717, 1.165) is 109 Å². The average Bonchev–Trinajstić information content (AvgIpc) is 3.39. The first kappa shape index (κ1) is 63.2. The lowest BCUT2D eigenvalue weighted by atomic mass is 9.71. The fraction of sp³-hybridized carbons (Fsp3) is 0.729. The monoisotopic (exact) mass is 1050 g/mol. The number of nitrogens with zero attached hydrogens (tertiary/aromatic N) is 3. The van der Waals surface area contributed by atoms with Gasteiger partial charge in [0.1, 0.15) is 24.4 Å². The number of rotatable bonds is 23. The largest absolute Gasteiger partial charge is 0.461 e. The zero-order valence-corrected chi connectivity index (χ0v) is 47.1. The highest BCUT2D eigenvalue weighted by atomic mass is 16.6. The maximum absolute atomic E-state index is 12.3. The van der Waals surface area contributed by atoms with Gasteiger partial charge in [0, 0.05) is 65.4 Å². The molecule has 0 atom stereocenters. The van der Waals surface area contributed by atoms with Crippen LogP contribution in [0.4, 0.5) is 9.59 Å². The minimum Gasteiger partial charge on any atom is -0.461 e. The highest BCUT2D eigenvalue weighted by Gasteiger charge is 2.40. The molecule has 4 saturated heterocycles. The zero-order chi connectivity index (χ0) is 54.3. The van der Waals surface area contributed by atoms with Crippen molar-refractivity contribution in [2.24, 2.45) is 10.8 Å². The topological polar surface area (TPSA) is 164 Å². The fourth-order valence-corrected chi connectivity index (χ4v) is 9.43. The first-order valence-electron chi connectivity index (χ1n) is 28.1. The third-order valence-electron chi connectivity index (χ3n) is 14.0. The second-order valence-electron chi connectivity index (χ2n) is 22.5. The van der Waals surface area contributed by atoms with Crippen LogP contribution in [0, 0.1) is 10.8 Å². The van der Waals surface area contributed by atoms with Crippen LogP contribution in [0.5, 0.6) is 0 Å². The maximum Gasteiger partial charge on any atom is 0.410 e. The summed E-state index contributed by atoms with van der Waals surface area (Å²) in [5, 5.41) is 3.42.